The van der Waals surface area contributed by atoms with Gasteiger partial charge in [-0.05, 0) is 50.6 Å². The molecule has 8 heteroatoms. The normalized spacial score (nSPS) is 10.9. The maximum atomic E-state index is 12.1. The number of hydrogen-bond donors (Lipinski definition) is 3. The van der Waals surface area contributed by atoms with E-state index in [1.54, 1.807) is 50.2 Å². The van der Waals surface area contributed by atoms with Gasteiger partial charge in [0.05, 0.1) is 5.02 Å². The third-order valence-corrected chi connectivity index (χ3v) is 3.67. The van der Waals surface area contributed by atoms with Gasteiger partial charge in [0.1, 0.15) is 5.75 Å². The second kappa shape index (κ2) is 8.53. The standard InChI is InChI=1S/C18H20ClN3O4/c1-18(2,10-9-16(23)24)22-17(25)21-13-4-6-14(7-5-13)26-15-8-3-12(19)11-20-15/h3-8,11H,9-10H2,1-2H3,(H,23,24)(H2,21,22,25). The molecule has 2 amide bonds. The lowest BCUT2D eigenvalue weighted by molar-refractivity contribution is -0.137. The maximum Gasteiger partial charge on any atom is 0.319 e. The van der Waals surface area contributed by atoms with Crippen LogP contribution in [0.5, 0.6) is 11.6 Å². The average molecular weight is 378 g/mol. The first-order chi connectivity index (χ1) is 12.2. The predicted molar refractivity (Wildman–Crippen MR) is 98.9 cm³/mol. The number of nitrogens with zero attached hydrogens (tertiary/aromatic N) is 1. The fraction of sp³-hybridized carbons (Fsp3) is 0.278. The number of carbonyl (C=O) groups is 2. The van der Waals surface area contributed by atoms with Crippen LogP contribution >= 0.6 is 11.6 Å². The third kappa shape index (κ3) is 6.60. The van der Waals surface area contributed by atoms with E-state index in [0.29, 0.717) is 28.8 Å². The van der Waals surface area contributed by atoms with Gasteiger partial charge in [-0.25, -0.2) is 9.78 Å². The second-order valence-corrected chi connectivity index (χ2v) is 6.73. The maximum absolute atomic E-state index is 12.1. The van der Waals surface area contributed by atoms with Gasteiger partial charge in [0.25, 0.3) is 0 Å². The van der Waals surface area contributed by atoms with E-state index in [-0.39, 0.29) is 6.42 Å². The van der Waals surface area contributed by atoms with Crippen LogP contribution in [0.3, 0.4) is 0 Å². The van der Waals surface area contributed by atoms with Crippen molar-refractivity contribution in [2.24, 2.45) is 0 Å². The van der Waals surface area contributed by atoms with E-state index in [9.17, 15) is 9.59 Å². The number of rotatable bonds is 7. The summed E-state index contributed by atoms with van der Waals surface area (Å²) in [5.74, 6) is 0.0756. The molecule has 0 aliphatic rings. The Bertz CT molecular complexity index is 761. The van der Waals surface area contributed by atoms with Crippen molar-refractivity contribution in [3.05, 3.63) is 47.6 Å². The van der Waals surface area contributed by atoms with Crippen LogP contribution in [0.4, 0.5) is 10.5 Å². The van der Waals surface area contributed by atoms with E-state index < -0.39 is 17.5 Å². The largest absolute Gasteiger partial charge is 0.481 e. The molecule has 0 aliphatic carbocycles. The third-order valence-electron chi connectivity index (χ3n) is 3.45. The summed E-state index contributed by atoms with van der Waals surface area (Å²) in [6.07, 6.45) is 1.80. The number of pyridine rings is 1. The van der Waals surface area contributed by atoms with Crippen molar-refractivity contribution in [3.8, 4) is 11.6 Å². The molecular weight excluding hydrogens is 358 g/mol. The van der Waals surface area contributed by atoms with Crippen molar-refractivity contribution in [3.63, 3.8) is 0 Å². The summed E-state index contributed by atoms with van der Waals surface area (Å²) < 4.78 is 5.57. The lowest BCUT2D eigenvalue weighted by Gasteiger charge is -2.25. The smallest absolute Gasteiger partial charge is 0.319 e. The monoisotopic (exact) mass is 377 g/mol. The summed E-state index contributed by atoms with van der Waals surface area (Å²) in [5.41, 5.74) is -0.0564. The minimum absolute atomic E-state index is 0.0158. The van der Waals surface area contributed by atoms with Crippen LogP contribution in [0, 0.1) is 0 Å². The Morgan fingerprint density at radius 2 is 1.88 bits per heavy atom. The number of amides is 2. The molecule has 0 spiro atoms. The van der Waals surface area contributed by atoms with E-state index >= 15 is 0 Å². The Balaban J connectivity index is 1.88. The van der Waals surface area contributed by atoms with Gasteiger partial charge in [0.15, 0.2) is 0 Å². The van der Waals surface area contributed by atoms with Crippen LogP contribution in [-0.2, 0) is 4.79 Å². The fourth-order valence-corrected chi connectivity index (χ4v) is 2.21. The minimum Gasteiger partial charge on any atom is -0.481 e. The lowest BCUT2D eigenvalue weighted by Crippen LogP contribution is -2.45. The average Bonchev–Trinajstić information content (AvgIpc) is 2.56. The molecule has 2 rings (SSSR count). The van der Waals surface area contributed by atoms with Gasteiger partial charge < -0.3 is 20.5 Å². The molecule has 0 bridgehead atoms. The number of urea groups is 1. The Hall–Kier alpha value is -2.80. The van der Waals surface area contributed by atoms with Gasteiger partial charge in [-0.1, -0.05) is 11.6 Å². The molecule has 0 saturated carbocycles. The zero-order valence-electron chi connectivity index (χ0n) is 14.5. The number of hydrogen-bond acceptors (Lipinski definition) is 4. The number of aromatic nitrogens is 1. The van der Waals surface area contributed by atoms with Crippen LogP contribution in [0.25, 0.3) is 0 Å². The topological polar surface area (TPSA) is 101 Å². The van der Waals surface area contributed by atoms with Crippen LogP contribution in [0.1, 0.15) is 26.7 Å². The number of aliphatic carboxylic acids is 1. The first kappa shape index (κ1) is 19.5. The Morgan fingerprint density at radius 3 is 2.46 bits per heavy atom. The Kier molecular flexibility index (Phi) is 6.41. The van der Waals surface area contributed by atoms with Gasteiger partial charge in [-0.3, -0.25) is 4.79 Å². The molecule has 1 aromatic carbocycles. The van der Waals surface area contributed by atoms with Crippen LogP contribution in [0.2, 0.25) is 5.02 Å². The van der Waals surface area contributed by atoms with Gasteiger partial charge in [-0.15, -0.1) is 0 Å². The number of carbonyl (C=O) groups excluding carboxylic acids is 1. The van der Waals surface area contributed by atoms with Crippen LogP contribution < -0.4 is 15.4 Å². The minimum atomic E-state index is -0.897. The van der Waals surface area contributed by atoms with Crippen molar-refractivity contribution in [2.75, 3.05) is 5.32 Å². The number of carboxylic acids is 1. The van der Waals surface area contributed by atoms with Crippen molar-refractivity contribution in [2.45, 2.75) is 32.2 Å². The predicted octanol–water partition coefficient (Wildman–Crippen LogP) is 4.29. The Morgan fingerprint density at radius 1 is 1.19 bits per heavy atom. The highest BCUT2D eigenvalue weighted by Gasteiger charge is 2.21. The molecule has 1 heterocycles. The Labute approximate surface area is 156 Å². The van der Waals surface area contributed by atoms with Gasteiger partial charge in [0.2, 0.25) is 5.88 Å². The first-order valence-corrected chi connectivity index (χ1v) is 8.32. The molecule has 1 aromatic heterocycles. The molecule has 2 aromatic rings. The summed E-state index contributed by atoms with van der Waals surface area (Å²) in [6, 6.07) is 9.69. The van der Waals surface area contributed by atoms with E-state index in [2.05, 4.69) is 15.6 Å². The number of benzene rings is 1. The summed E-state index contributed by atoms with van der Waals surface area (Å²) in [4.78, 5) is 26.7. The summed E-state index contributed by atoms with van der Waals surface area (Å²) in [5, 5.41) is 14.7. The van der Waals surface area contributed by atoms with Gasteiger partial charge >= 0.3 is 12.0 Å². The van der Waals surface area contributed by atoms with Gasteiger partial charge in [-0.2, -0.15) is 0 Å². The summed E-state index contributed by atoms with van der Waals surface area (Å²) in [6.45, 7) is 3.54. The number of anilines is 1. The number of nitrogens with one attached hydrogen (secondary N) is 2. The highest BCUT2D eigenvalue weighted by Crippen LogP contribution is 2.22. The first-order valence-electron chi connectivity index (χ1n) is 7.94. The highest BCUT2D eigenvalue weighted by atomic mass is 35.5. The van der Waals surface area contributed by atoms with E-state index in [1.807, 2.05) is 0 Å². The molecule has 0 fully saturated rings. The van der Waals surface area contributed by atoms with Crippen molar-refractivity contribution in [1.29, 1.82) is 0 Å². The molecule has 138 valence electrons. The summed E-state index contributed by atoms with van der Waals surface area (Å²) in [7, 11) is 0. The lowest BCUT2D eigenvalue weighted by atomic mass is 9.99. The number of halogens is 1. The summed E-state index contributed by atoms with van der Waals surface area (Å²) >= 11 is 5.77. The van der Waals surface area contributed by atoms with Gasteiger partial charge in [0, 0.05) is 29.9 Å². The van der Waals surface area contributed by atoms with Crippen LogP contribution in [0.15, 0.2) is 42.6 Å². The molecule has 7 nitrogen and oxygen atoms in total. The van der Waals surface area contributed by atoms with Crippen molar-refractivity contribution >= 4 is 29.3 Å². The second-order valence-electron chi connectivity index (χ2n) is 6.30. The molecule has 0 aliphatic heterocycles. The molecular formula is C18H20ClN3O4. The quantitative estimate of drug-likeness (QED) is 0.668. The highest BCUT2D eigenvalue weighted by molar-refractivity contribution is 6.30. The van der Waals surface area contributed by atoms with Crippen molar-refractivity contribution in [1.82, 2.24) is 10.3 Å². The van der Waals surface area contributed by atoms with Crippen molar-refractivity contribution < 1.29 is 19.4 Å². The number of ether oxygens (including phenoxy) is 1. The molecule has 0 atom stereocenters. The molecule has 26 heavy (non-hydrogen) atoms. The zero-order chi connectivity index (χ0) is 19.2. The van der Waals surface area contributed by atoms with E-state index in [1.165, 1.54) is 6.20 Å². The molecule has 3 N–H and O–H groups in total. The SMILES string of the molecule is CC(C)(CCC(=O)O)NC(=O)Nc1ccc(Oc2ccc(Cl)cn2)cc1. The molecule has 0 radical (unpaired) electrons. The van der Waals surface area contributed by atoms with E-state index in [0.717, 1.165) is 0 Å². The molecule has 0 saturated heterocycles. The fourth-order valence-electron chi connectivity index (χ4n) is 2.10. The van der Waals surface area contributed by atoms with E-state index in [4.69, 9.17) is 21.4 Å². The number of carboxylic acid groups (broad SMARTS) is 1. The zero-order valence-corrected chi connectivity index (χ0v) is 15.2. The van der Waals surface area contributed by atoms with Crippen LogP contribution in [-0.4, -0.2) is 27.6 Å². The molecule has 0 unspecified atom stereocenters.